The third-order valence-electron chi connectivity index (χ3n) is 3.21. The minimum Gasteiger partial charge on any atom is -0.426 e. The van der Waals surface area contributed by atoms with Crippen LogP contribution < -0.4 is 10.2 Å². The van der Waals surface area contributed by atoms with Gasteiger partial charge in [0, 0.05) is 34.7 Å². The zero-order valence-electron chi connectivity index (χ0n) is 15.1. The number of halogens is 3. The van der Waals surface area contributed by atoms with Gasteiger partial charge in [-0.2, -0.15) is 0 Å². The highest BCUT2D eigenvalue weighted by atomic mass is 127. The quantitative estimate of drug-likeness (QED) is 0.285. The van der Waals surface area contributed by atoms with Crippen molar-refractivity contribution in [3.05, 3.63) is 16.3 Å². The molecule has 148 valence electrons. The second kappa shape index (κ2) is 10.2. The fraction of sp³-hybridized carbons (Fsp3) is 0.375. The lowest BCUT2D eigenvalue weighted by molar-refractivity contribution is -0.162. The van der Waals surface area contributed by atoms with E-state index in [1.165, 1.54) is 32.6 Å². The molecule has 0 saturated carbocycles. The molecule has 1 aromatic rings. The van der Waals surface area contributed by atoms with E-state index in [1.54, 1.807) is 7.05 Å². The molecule has 1 rings (SSSR count). The third kappa shape index (κ3) is 6.13. The molecule has 1 atom stereocenters. The van der Waals surface area contributed by atoms with E-state index in [-0.39, 0.29) is 17.4 Å². The summed E-state index contributed by atoms with van der Waals surface area (Å²) in [4.78, 5) is 48.7. The van der Waals surface area contributed by atoms with Crippen LogP contribution in [0, 0.1) is 10.7 Å². The Hall–Kier alpha value is -0.710. The predicted molar refractivity (Wildman–Crippen MR) is 125 cm³/mol. The van der Waals surface area contributed by atoms with Gasteiger partial charge in [-0.25, -0.2) is 4.79 Å². The molecular weight excluding hydrogens is 697 g/mol. The predicted octanol–water partition coefficient (Wildman–Crippen LogP) is 3.51. The number of hydrogen-bond donors (Lipinski definition) is 1. The molecule has 8 nitrogen and oxygen atoms in total. The number of rotatable bonds is 5. The van der Waals surface area contributed by atoms with E-state index in [2.05, 4.69) is 5.32 Å². The number of nitrogens with one attached hydrogen (secondary N) is 1. The van der Waals surface area contributed by atoms with E-state index in [0.717, 1.165) is 0 Å². The monoisotopic (exact) mass is 714 g/mol. The van der Waals surface area contributed by atoms with Gasteiger partial charge in [0.05, 0.1) is 27.6 Å². The van der Waals surface area contributed by atoms with Crippen molar-refractivity contribution in [2.75, 3.05) is 17.3 Å². The molecular formula is C16H17I3N2O6. The summed E-state index contributed by atoms with van der Waals surface area (Å²) in [6.07, 6.45) is -1.08. The van der Waals surface area contributed by atoms with Gasteiger partial charge in [-0.05, 0) is 67.8 Å². The van der Waals surface area contributed by atoms with Gasteiger partial charge in [0.25, 0.3) is 0 Å². The largest absolute Gasteiger partial charge is 0.426 e. The highest BCUT2D eigenvalue weighted by Gasteiger charge is 2.29. The van der Waals surface area contributed by atoms with Crippen LogP contribution in [0.5, 0.6) is 0 Å². The first-order valence-corrected chi connectivity index (χ1v) is 10.7. The normalized spacial score (nSPS) is 11.4. The molecule has 2 amide bonds. The Balaban J connectivity index is 3.60. The van der Waals surface area contributed by atoms with Crippen molar-refractivity contribution >= 4 is 103 Å². The van der Waals surface area contributed by atoms with E-state index < -0.39 is 18.2 Å². The van der Waals surface area contributed by atoms with Crippen LogP contribution in [0.3, 0.4) is 0 Å². The van der Waals surface area contributed by atoms with Crippen LogP contribution in [0.2, 0.25) is 0 Å². The SMILES string of the molecule is CC(=O)Nc1c(I)c(C(=O)OC(C)OC(C)=O)c(I)c(N(C)C(C)=O)c1I. The molecule has 0 heterocycles. The van der Waals surface area contributed by atoms with Crippen LogP contribution in [0.25, 0.3) is 0 Å². The van der Waals surface area contributed by atoms with Gasteiger partial charge in [-0.15, -0.1) is 0 Å². The second-order valence-corrected chi connectivity index (χ2v) is 8.62. The molecule has 1 aromatic carbocycles. The van der Waals surface area contributed by atoms with Gasteiger partial charge in [0.15, 0.2) is 0 Å². The molecule has 0 spiro atoms. The molecule has 0 fully saturated rings. The highest BCUT2D eigenvalue weighted by Crippen LogP contribution is 2.40. The van der Waals surface area contributed by atoms with Gasteiger partial charge in [0.1, 0.15) is 0 Å². The zero-order chi connectivity index (χ0) is 21.0. The highest BCUT2D eigenvalue weighted by molar-refractivity contribution is 14.1. The van der Waals surface area contributed by atoms with E-state index in [9.17, 15) is 19.2 Å². The lowest BCUT2D eigenvalue weighted by atomic mass is 10.1. The fourth-order valence-electron chi connectivity index (χ4n) is 2.04. The van der Waals surface area contributed by atoms with Crippen molar-refractivity contribution in [1.82, 2.24) is 0 Å². The molecule has 0 aliphatic rings. The van der Waals surface area contributed by atoms with Crippen LogP contribution in [-0.2, 0) is 23.9 Å². The number of esters is 2. The second-order valence-electron chi connectivity index (χ2n) is 5.38. The number of ether oxygens (including phenoxy) is 2. The first-order chi connectivity index (χ1) is 12.4. The van der Waals surface area contributed by atoms with Crippen molar-refractivity contribution in [2.24, 2.45) is 0 Å². The van der Waals surface area contributed by atoms with Crippen LogP contribution in [0.1, 0.15) is 38.1 Å². The minimum absolute atomic E-state index is 0.169. The van der Waals surface area contributed by atoms with Crippen LogP contribution >= 0.6 is 67.8 Å². The van der Waals surface area contributed by atoms with E-state index in [0.29, 0.717) is 22.1 Å². The number of hydrogen-bond acceptors (Lipinski definition) is 6. The molecule has 0 bridgehead atoms. The van der Waals surface area contributed by atoms with Gasteiger partial charge in [0.2, 0.25) is 18.1 Å². The Morgan fingerprint density at radius 2 is 1.52 bits per heavy atom. The Kier molecular flexibility index (Phi) is 9.17. The minimum atomic E-state index is -1.08. The summed E-state index contributed by atoms with van der Waals surface area (Å²) in [5, 5.41) is 2.70. The van der Waals surface area contributed by atoms with Crippen molar-refractivity contribution in [3.63, 3.8) is 0 Å². The maximum Gasteiger partial charge on any atom is 0.343 e. The summed E-state index contributed by atoms with van der Waals surface area (Å²) in [6.45, 7) is 5.36. The topological polar surface area (TPSA) is 102 Å². The third-order valence-corrected chi connectivity index (χ3v) is 6.39. The van der Waals surface area contributed by atoms with Crippen LogP contribution in [-0.4, -0.2) is 37.1 Å². The standard InChI is InChI=1S/C16H17I3N2O6/c1-6(22)20-14-11(17)10(16(25)27-9(4)26-8(3)24)12(18)15(13(14)19)21(5)7(2)23/h9H,1-5H3,(H,20,22). The van der Waals surface area contributed by atoms with Crippen molar-refractivity contribution in [3.8, 4) is 0 Å². The summed E-state index contributed by atoms with van der Waals surface area (Å²) in [5.41, 5.74) is 1.04. The van der Waals surface area contributed by atoms with Gasteiger partial charge < -0.3 is 19.7 Å². The zero-order valence-corrected chi connectivity index (χ0v) is 21.6. The molecule has 0 radical (unpaired) electrons. The van der Waals surface area contributed by atoms with Crippen LogP contribution in [0.15, 0.2) is 0 Å². The Bertz CT molecular complexity index is 812. The number of amides is 2. The number of carbonyl (C=O) groups excluding carboxylic acids is 4. The molecule has 0 aromatic heterocycles. The first kappa shape index (κ1) is 24.3. The fourth-order valence-corrected chi connectivity index (χ4v) is 6.64. The molecule has 1 N–H and O–H groups in total. The van der Waals surface area contributed by atoms with Gasteiger partial charge in [-0.3, -0.25) is 14.4 Å². The van der Waals surface area contributed by atoms with Crippen molar-refractivity contribution in [2.45, 2.75) is 34.0 Å². The molecule has 0 saturated heterocycles. The lowest BCUT2D eigenvalue weighted by Gasteiger charge is -2.24. The lowest BCUT2D eigenvalue weighted by Crippen LogP contribution is -2.28. The maximum atomic E-state index is 12.7. The Labute approximate surface area is 197 Å². The average molecular weight is 714 g/mol. The number of nitrogens with zero attached hydrogens (tertiary/aromatic N) is 1. The molecule has 27 heavy (non-hydrogen) atoms. The number of carbonyl (C=O) groups is 4. The maximum absolute atomic E-state index is 12.7. The van der Waals surface area contributed by atoms with E-state index in [4.69, 9.17) is 9.47 Å². The summed E-state index contributed by atoms with van der Waals surface area (Å²) in [5.74, 6) is -1.89. The van der Waals surface area contributed by atoms with E-state index in [1.807, 2.05) is 67.8 Å². The van der Waals surface area contributed by atoms with E-state index >= 15 is 0 Å². The summed E-state index contributed by atoms with van der Waals surface area (Å²) in [6, 6.07) is 0. The summed E-state index contributed by atoms with van der Waals surface area (Å²) >= 11 is 5.90. The first-order valence-electron chi connectivity index (χ1n) is 7.48. The molecule has 1 unspecified atom stereocenters. The Morgan fingerprint density at radius 3 is 1.96 bits per heavy atom. The summed E-state index contributed by atoms with van der Waals surface area (Å²) in [7, 11) is 1.57. The van der Waals surface area contributed by atoms with Crippen molar-refractivity contribution < 1.29 is 28.7 Å². The molecule has 0 aliphatic heterocycles. The average Bonchev–Trinajstić information content (AvgIpc) is 2.50. The van der Waals surface area contributed by atoms with Gasteiger partial charge in [-0.1, -0.05) is 0 Å². The van der Waals surface area contributed by atoms with Gasteiger partial charge >= 0.3 is 11.9 Å². The Morgan fingerprint density at radius 1 is 0.963 bits per heavy atom. The molecule has 11 heteroatoms. The van der Waals surface area contributed by atoms with Crippen molar-refractivity contribution in [1.29, 1.82) is 0 Å². The summed E-state index contributed by atoms with van der Waals surface area (Å²) < 4.78 is 11.6. The number of anilines is 2. The number of benzene rings is 1. The van der Waals surface area contributed by atoms with Crippen LogP contribution in [0.4, 0.5) is 11.4 Å². The molecule has 0 aliphatic carbocycles. The smallest absolute Gasteiger partial charge is 0.343 e.